The molecule has 0 saturated heterocycles. The molecule has 0 unspecified atom stereocenters. The summed E-state index contributed by atoms with van der Waals surface area (Å²) in [6, 6.07) is 12.5. The summed E-state index contributed by atoms with van der Waals surface area (Å²) >= 11 is 0. The molecule has 0 aliphatic carbocycles. The fourth-order valence-corrected chi connectivity index (χ4v) is 3.23. The summed E-state index contributed by atoms with van der Waals surface area (Å²) in [4.78, 5) is 4.46. The number of hydrogen-bond donors (Lipinski definition) is 0. The second kappa shape index (κ2) is 3.28. The van der Waals surface area contributed by atoms with E-state index in [0.717, 1.165) is 29.4 Å². The van der Waals surface area contributed by atoms with Crippen molar-refractivity contribution in [2.45, 2.75) is 6.54 Å². The van der Waals surface area contributed by atoms with E-state index in [4.69, 9.17) is 4.42 Å². The van der Waals surface area contributed by atoms with E-state index in [0.29, 0.717) is 0 Å². The van der Waals surface area contributed by atoms with Gasteiger partial charge < -0.3 is 8.98 Å². The van der Waals surface area contributed by atoms with Crippen molar-refractivity contribution in [2.24, 2.45) is 7.05 Å². The third-order valence-electron chi connectivity index (χ3n) is 4.16. The van der Waals surface area contributed by atoms with Crippen LogP contribution in [-0.2, 0) is 13.6 Å². The van der Waals surface area contributed by atoms with Gasteiger partial charge in [-0.3, -0.25) is 0 Å². The molecule has 3 aromatic heterocycles. The topological polar surface area (TPSA) is 34.8 Å². The Balaban J connectivity index is 1.97. The van der Waals surface area contributed by atoms with Crippen LogP contribution in [0.1, 0.15) is 5.56 Å². The van der Waals surface area contributed by atoms with E-state index in [-0.39, 0.29) is 0 Å². The first kappa shape index (κ1) is 10.2. The maximum atomic E-state index is 6.12. The van der Waals surface area contributed by atoms with Crippen molar-refractivity contribution in [3.8, 4) is 11.6 Å². The highest BCUT2D eigenvalue weighted by Gasteiger charge is 2.37. The van der Waals surface area contributed by atoms with Crippen molar-refractivity contribution in [3.05, 3.63) is 48.2 Å². The van der Waals surface area contributed by atoms with Gasteiger partial charge in [-0.1, -0.05) is 12.1 Å². The van der Waals surface area contributed by atoms with Crippen molar-refractivity contribution in [1.82, 2.24) is 9.55 Å². The lowest BCUT2D eigenvalue weighted by atomic mass is 10.2. The third-order valence-corrected chi connectivity index (χ3v) is 4.16. The lowest BCUT2D eigenvalue weighted by molar-refractivity contribution is -0.648. The second-order valence-electron chi connectivity index (χ2n) is 5.23. The zero-order valence-corrected chi connectivity index (χ0v) is 11.0. The number of aryl methyl sites for hydroxylation is 1. The number of rotatable bonds is 0. The van der Waals surface area contributed by atoms with Gasteiger partial charge in [0.05, 0.1) is 16.5 Å². The number of pyridine rings is 1. The molecule has 1 aromatic carbocycles. The molecule has 4 heteroatoms. The Bertz CT molecular complexity index is 994. The van der Waals surface area contributed by atoms with Gasteiger partial charge in [-0.25, -0.2) is 4.98 Å². The van der Waals surface area contributed by atoms with Gasteiger partial charge in [0.15, 0.2) is 12.2 Å². The van der Waals surface area contributed by atoms with E-state index < -0.39 is 0 Å². The highest BCUT2D eigenvalue weighted by Crippen LogP contribution is 2.33. The van der Waals surface area contributed by atoms with Gasteiger partial charge in [-0.2, -0.15) is 0 Å². The Morgan fingerprint density at radius 2 is 2.10 bits per heavy atom. The van der Waals surface area contributed by atoms with Crippen LogP contribution >= 0.6 is 0 Å². The molecule has 0 bridgehead atoms. The summed E-state index contributed by atoms with van der Waals surface area (Å²) in [5.74, 6) is 0.868. The summed E-state index contributed by atoms with van der Waals surface area (Å²) in [6.07, 6.45) is 1.82. The van der Waals surface area contributed by atoms with Crippen LogP contribution in [0.25, 0.3) is 33.7 Å². The van der Waals surface area contributed by atoms with Crippen molar-refractivity contribution in [3.63, 3.8) is 0 Å². The minimum absolute atomic E-state index is 0.833. The molecule has 0 N–H and O–H groups in total. The lowest BCUT2D eigenvalue weighted by Crippen LogP contribution is -2.30. The highest BCUT2D eigenvalue weighted by atomic mass is 16.4. The van der Waals surface area contributed by atoms with Gasteiger partial charge in [0.25, 0.3) is 11.2 Å². The molecule has 96 valence electrons. The summed E-state index contributed by atoms with van der Waals surface area (Å²) in [5.41, 5.74) is 5.46. The summed E-state index contributed by atoms with van der Waals surface area (Å²) in [6.45, 7) is 0.833. The van der Waals surface area contributed by atoms with Crippen molar-refractivity contribution >= 4 is 22.1 Å². The van der Waals surface area contributed by atoms with Crippen LogP contribution in [0.2, 0.25) is 0 Å². The average molecular weight is 262 g/mol. The van der Waals surface area contributed by atoms with E-state index in [1.165, 1.54) is 16.5 Å². The van der Waals surface area contributed by atoms with Crippen LogP contribution in [0, 0.1) is 0 Å². The molecular formula is C16H12N3O+. The first-order valence-corrected chi connectivity index (χ1v) is 6.68. The molecule has 4 aromatic rings. The summed E-state index contributed by atoms with van der Waals surface area (Å²) < 4.78 is 10.5. The fourth-order valence-electron chi connectivity index (χ4n) is 3.23. The number of oxazole rings is 1. The number of benzene rings is 1. The number of fused-ring (bicyclic) bond motifs is 7. The average Bonchev–Trinajstić information content (AvgIpc) is 3.09. The second-order valence-corrected chi connectivity index (χ2v) is 5.23. The smallest absolute Gasteiger partial charge is 0.379 e. The lowest BCUT2D eigenvalue weighted by Gasteiger charge is -1.93. The van der Waals surface area contributed by atoms with Crippen LogP contribution in [0.15, 0.2) is 47.0 Å². The minimum atomic E-state index is 0.833. The van der Waals surface area contributed by atoms with E-state index in [9.17, 15) is 0 Å². The fraction of sp³-hybridized carbons (Fsp3) is 0.125. The standard InChI is InChI=1S/C16H12N3O/c1-18-12-7-3-2-6-11(12)14-16(18)20-15-13-10(9-19(14)15)5-4-8-17-13/h2-8H,9H2,1H3/q+1. The van der Waals surface area contributed by atoms with Crippen LogP contribution in [0.5, 0.6) is 0 Å². The minimum Gasteiger partial charge on any atom is -0.379 e. The zero-order chi connectivity index (χ0) is 13.3. The monoisotopic (exact) mass is 262 g/mol. The van der Waals surface area contributed by atoms with Crippen molar-refractivity contribution in [2.75, 3.05) is 0 Å². The normalized spacial score (nSPS) is 13.1. The summed E-state index contributed by atoms with van der Waals surface area (Å²) in [7, 11) is 2.04. The van der Waals surface area contributed by atoms with Crippen molar-refractivity contribution in [1.29, 1.82) is 0 Å². The SMILES string of the molecule is Cn1c2ccccc2c2c1oc1[n+]2Cc2cccnc2-1. The quantitative estimate of drug-likeness (QED) is 0.402. The Morgan fingerprint density at radius 3 is 3.05 bits per heavy atom. The molecule has 4 nitrogen and oxygen atoms in total. The number of para-hydroxylation sites is 1. The number of aromatic nitrogens is 3. The predicted octanol–water partition coefficient (Wildman–Crippen LogP) is 2.64. The van der Waals surface area contributed by atoms with E-state index >= 15 is 0 Å². The molecule has 1 aliphatic rings. The molecule has 0 radical (unpaired) electrons. The first-order valence-electron chi connectivity index (χ1n) is 6.68. The Morgan fingerprint density at radius 1 is 1.20 bits per heavy atom. The molecule has 0 saturated carbocycles. The van der Waals surface area contributed by atoms with Crippen LogP contribution in [0.3, 0.4) is 0 Å². The van der Waals surface area contributed by atoms with Crippen molar-refractivity contribution < 1.29 is 8.98 Å². The molecule has 0 fully saturated rings. The van der Waals surface area contributed by atoms with Gasteiger partial charge in [-0.05, 0) is 24.3 Å². The third kappa shape index (κ3) is 1.04. The Kier molecular flexibility index (Phi) is 1.67. The van der Waals surface area contributed by atoms with E-state index in [1.807, 2.05) is 19.3 Å². The van der Waals surface area contributed by atoms with Crippen LogP contribution in [0.4, 0.5) is 0 Å². The molecule has 0 atom stereocenters. The molecule has 0 spiro atoms. The maximum absolute atomic E-state index is 6.12. The van der Waals surface area contributed by atoms with E-state index in [1.54, 1.807) is 0 Å². The van der Waals surface area contributed by atoms with Gasteiger partial charge in [-0.15, -0.1) is 4.57 Å². The molecule has 5 rings (SSSR count). The van der Waals surface area contributed by atoms with Gasteiger partial charge in [0.1, 0.15) is 0 Å². The first-order chi connectivity index (χ1) is 9.84. The molecule has 20 heavy (non-hydrogen) atoms. The largest absolute Gasteiger partial charge is 0.402 e. The Labute approximate surface area is 114 Å². The van der Waals surface area contributed by atoms with Crippen LogP contribution in [-0.4, -0.2) is 9.55 Å². The molecule has 0 amide bonds. The number of nitrogens with zero attached hydrogens (tertiary/aromatic N) is 3. The molecule has 4 heterocycles. The Hall–Kier alpha value is -2.62. The maximum Gasteiger partial charge on any atom is 0.402 e. The van der Waals surface area contributed by atoms with Gasteiger partial charge in [0.2, 0.25) is 0 Å². The van der Waals surface area contributed by atoms with E-state index in [2.05, 4.69) is 44.5 Å². The molecular weight excluding hydrogens is 250 g/mol. The van der Waals surface area contributed by atoms with Gasteiger partial charge in [0, 0.05) is 13.2 Å². The van der Waals surface area contributed by atoms with Gasteiger partial charge >= 0.3 is 5.89 Å². The zero-order valence-electron chi connectivity index (χ0n) is 11.0. The van der Waals surface area contributed by atoms with Crippen LogP contribution < -0.4 is 4.57 Å². The summed E-state index contributed by atoms with van der Waals surface area (Å²) in [5, 5.41) is 1.23. The highest BCUT2D eigenvalue weighted by molar-refractivity contribution is 6.02. The predicted molar refractivity (Wildman–Crippen MR) is 75.2 cm³/mol. The molecule has 1 aliphatic heterocycles. The number of hydrogen-bond acceptors (Lipinski definition) is 2.